The first-order valence-electron chi connectivity index (χ1n) is 5.04. The minimum absolute atomic E-state index is 0.0316. The van der Waals surface area contributed by atoms with Crippen LogP contribution in [-0.4, -0.2) is 0 Å². The summed E-state index contributed by atoms with van der Waals surface area (Å²) in [6, 6.07) is 1.92. The summed E-state index contributed by atoms with van der Waals surface area (Å²) in [7, 11) is 0. The van der Waals surface area contributed by atoms with Gasteiger partial charge in [0.15, 0.2) is 0 Å². The van der Waals surface area contributed by atoms with Gasteiger partial charge in [-0.1, -0.05) is 52.2 Å². The zero-order valence-electron chi connectivity index (χ0n) is 9.71. The highest BCUT2D eigenvalue weighted by molar-refractivity contribution is 5.74. The van der Waals surface area contributed by atoms with Crippen LogP contribution < -0.4 is 0 Å². The van der Waals surface area contributed by atoms with Gasteiger partial charge in [0.05, 0.1) is 6.26 Å². The Bertz CT molecular complexity index is 386. The summed E-state index contributed by atoms with van der Waals surface area (Å²) >= 11 is 0. The summed E-state index contributed by atoms with van der Waals surface area (Å²) < 4.78 is 5.51. The topological polar surface area (TPSA) is 13.1 Å². The molecule has 0 unspecified atom stereocenters. The van der Waals surface area contributed by atoms with E-state index in [4.69, 9.17) is 4.42 Å². The van der Waals surface area contributed by atoms with Crippen molar-refractivity contribution < 1.29 is 4.42 Å². The normalized spacial score (nSPS) is 12.6. The molecule has 0 saturated heterocycles. The van der Waals surface area contributed by atoms with Crippen LogP contribution in [0.1, 0.15) is 32.1 Å². The van der Waals surface area contributed by atoms with Gasteiger partial charge in [0.25, 0.3) is 0 Å². The summed E-state index contributed by atoms with van der Waals surface area (Å²) in [5.41, 5.74) is 2.19. The van der Waals surface area contributed by atoms with Crippen molar-refractivity contribution in [1.29, 1.82) is 0 Å². The molecule has 1 aromatic rings. The zero-order chi connectivity index (χ0) is 11.5. The molecule has 0 atom stereocenters. The predicted octanol–water partition coefficient (Wildman–Crippen LogP) is 4.54. The Morgan fingerprint density at radius 1 is 1.33 bits per heavy atom. The van der Waals surface area contributed by atoms with E-state index in [0.717, 1.165) is 16.9 Å². The lowest BCUT2D eigenvalue weighted by Gasteiger charge is -2.21. The van der Waals surface area contributed by atoms with Gasteiger partial charge < -0.3 is 4.42 Å². The summed E-state index contributed by atoms with van der Waals surface area (Å²) in [4.78, 5) is 0. The van der Waals surface area contributed by atoms with Gasteiger partial charge in [0.1, 0.15) is 5.76 Å². The maximum atomic E-state index is 5.51. The minimum atomic E-state index is 0.0316. The van der Waals surface area contributed by atoms with Crippen LogP contribution in [0.2, 0.25) is 0 Å². The Morgan fingerprint density at radius 3 is 2.47 bits per heavy atom. The molecule has 0 aliphatic rings. The van der Waals surface area contributed by atoms with Crippen molar-refractivity contribution >= 4 is 11.6 Å². The highest BCUT2D eigenvalue weighted by atomic mass is 16.3. The Labute approximate surface area is 91.8 Å². The predicted molar refractivity (Wildman–Crippen MR) is 66.4 cm³/mol. The van der Waals surface area contributed by atoms with Crippen molar-refractivity contribution in [3.05, 3.63) is 49.0 Å². The summed E-state index contributed by atoms with van der Waals surface area (Å²) in [5, 5.41) is 0. The van der Waals surface area contributed by atoms with Crippen molar-refractivity contribution in [3.8, 4) is 0 Å². The summed E-state index contributed by atoms with van der Waals surface area (Å²) in [6.07, 6.45) is 7.28. The van der Waals surface area contributed by atoms with Gasteiger partial charge in [-0.2, -0.15) is 0 Å². The molecule has 1 aromatic heterocycles. The third-order valence-electron chi connectivity index (χ3n) is 2.25. The largest absolute Gasteiger partial charge is 0.464 e. The van der Waals surface area contributed by atoms with E-state index in [2.05, 4.69) is 33.9 Å². The Morgan fingerprint density at radius 2 is 2.00 bits per heavy atom. The van der Waals surface area contributed by atoms with Gasteiger partial charge in [-0.3, -0.25) is 0 Å². The monoisotopic (exact) mass is 202 g/mol. The molecule has 0 fully saturated rings. The number of allylic oxidation sites excluding steroid dienone is 3. The molecule has 1 rings (SSSR count). The molecule has 0 radical (unpaired) electrons. The highest BCUT2D eigenvalue weighted by Gasteiger charge is 2.22. The van der Waals surface area contributed by atoms with Crippen LogP contribution in [0.5, 0.6) is 0 Å². The van der Waals surface area contributed by atoms with Gasteiger partial charge in [-0.15, -0.1) is 0 Å². The smallest absolute Gasteiger partial charge is 0.137 e. The highest BCUT2D eigenvalue weighted by Crippen LogP contribution is 2.36. The second kappa shape index (κ2) is 4.35. The van der Waals surface area contributed by atoms with Crippen LogP contribution in [-0.2, 0) is 0 Å². The zero-order valence-corrected chi connectivity index (χ0v) is 9.71. The molecule has 0 aromatic carbocycles. The van der Waals surface area contributed by atoms with Crippen molar-refractivity contribution in [2.75, 3.05) is 0 Å². The summed E-state index contributed by atoms with van der Waals surface area (Å²) in [5.74, 6) is 0.886. The Kier molecular flexibility index (Phi) is 3.35. The third-order valence-corrected chi connectivity index (χ3v) is 2.25. The van der Waals surface area contributed by atoms with Crippen LogP contribution in [0.15, 0.2) is 42.1 Å². The average Bonchev–Trinajstić information content (AvgIpc) is 2.59. The van der Waals surface area contributed by atoms with Crippen molar-refractivity contribution in [3.63, 3.8) is 0 Å². The van der Waals surface area contributed by atoms with Crippen molar-refractivity contribution in [2.45, 2.75) is 20.8 Å². The molecule has 0 amide bonds. The van der Waals surface area contributed by atoms with Crippen LogP contribution in [0.4, 0.5) is 0 Å². The standard InChI is InChI=1S/C14H18O/c1-6-8-12(14(3,4)5)13-11(7-2)9-10-15-13/h6-10H,1-2H2,3-5H3/b12-8+. The molecule has 0 aliphatic heterocycles. The molecule has 1 heteroatoms. The SMILES string of the molecule is C=C/C=C(\c1occc1C=C)C(C)(C)C. The van der Waals surface area contributed by atoms with E-state index in [-0.39, 0.29) is 5.41 Å². The molecule has 0 bridgehead atoms. The molecule has 80 valence electrons. The van der Waals surface area contributed by atoms with E-state index < -0.39 is 0 Å². The fourth-order valence-electron chi connectivity index (χ4n) is 1.48. The lowest BCUT2D eigenvalue weighted by atomic mass is 9.83. The lowest BCUT2D eigenvalue weighted by molar-refractivity contribution is 0.504. The molecule has 0 N–H and O–H groups in total. The van der Waals surface area contributed by atoms with E-state index in [9.17, 15) is 0 Å². The molecule has 0 aliphatic carbocycles. The number of furan rings is 1. The van der Waals surface area contributed by atoms with Crippen LogP contribution in [0.3, 0.4) is 0 Å². The third kappa shape index (κ3) is 2.50. The van der Waals surface area contributed by atoms with E-state index in [1.54, 1.807) is 12.3 Å². The van der Waals surface area contributed by atoms with Gasteiger partial charge in [-0.05, 0) is 11.5 Å². The van der Waals surface area contributed by atoms with E-state index in [0.29, 0.717) is 0 Å². The maximum absolute atomic E-state index is 5.51. The van der Waals surface area contributed by atoms with Crippen LogP contribution >= 0.6 is 0 Å². The fraction of sp³-hybridized carbons (Fsp3) is 0.286. The van der Waals surface area contributed by atoms with Crippen molar-refractivity contribution in [2.24, 2.45) is 5.41 Å². The molecule has 0 spiro atoms. The van der Waals surface area contributed by atoms with Crippen LogP contribution in [0, 0.1) is 5.41 Å². The van der Waals surface area contributed by atoms with E-state index >= 15 is 0 Å². The fourth-order valence-corrected chi connectivity index (χ4v) is 1.48. The first-order valence-corrected chi connectivity index (χ1v) is 5.04. The first kappa shape index (κ1) is 11.6. The first-order chi connectivity index (χ1) is 7.00. The van der Waals surface area contributed by atoms with Gasteiger partial charge >= 0.3 is 0 Å². The molecular weight excluding hydrogens is 184 g/mol. The van der Waals surface area contributed by atoms with E-state index in [1.165, 1.54) is 0 Å². The van der Waals surface area contributed by atoms with Crippen molar-refractivity contribution in [1.82, 2.24) is 0 Å². The van der Waals surface area contributed by atoms with E-state index in [1.807, 2.05) is 18.2 Å². The second-order valence-corrected chi connectivity index (χ2v) is 4.48. The number of hydrogen-bond acceptors (Lipinski definition) is 1. The van der Waals surface area contributed by atoms with Gasteiger partial charge in [0, 0.05) is 11.1 Å². The average molecular weight is 202 g/mol. The van der Waals surface area contributed by atoms with Crippen LogP contribution in [0.25, 0.3) is 11.6 Å². The molecule has 1 nitrogen and oxygen atoms in total. The summed E-state index contributed by atoms with van der Waals surface area (Å²) in [6.45, 7) is 14.0. The van der Waals surface area contributed by atoms with Gasteiger partial charge in [-0.25, -0.2) is 0 Å². The van der Waals surface area contributed by atoms with Gasteiger partial charge in [0.2, 0.25) is 0 Å². The number of rotatable bonds is 3. The maximum Gasteiger partial charge on any atom is 0.137 e. The molecule has 0 saturated carbocycles. The lowest BCUT2D eigenvalue weighted by Crippen LogP contribution is -2.08. The quantitative estimate of drug-likeness (QED) is 0.656. The second-order valence-electron chi connectivity index (χ2n) is 4.48. The number of hydrogen-bond donors (Lipinski definition) is 0. The molecule has 15 heavy (non-hydrogen) atoms. The Balaban J connectivity index is 3.28. The minimum Gasteiger partial charge on any atom is -0.464 e. The molecule has 1 heterocycles. The molecular formula is C14H18O. The Hall–Kier alpha value is -1.50.